The lowest BCUT2D eigenvalue weighted by molar-refractivity contribution is 0.125. The van der Waals surface area contributed by atoms with Crippen LogP contribution in [0.25, 0.3) is 0 Å². The average Bonchev–Trinajstić information content (AvgIpc) is 2.35. The first kappa shape index (κ1) is 16.9. The fourth-order valence-electron chi connectivity index (χ4n) is 1.93. The Hall–Kier alpha value is -0.0800. The summed E-state index contributed by atoms with van der Waals surface area (Å²) in [6, 6.07) is 0. The number of aliphatic hydroxyl groups excluding tert-OH is 1. The van der Waals surface area contributed by atoms with E-state index in [1.807, 2.05) is 0 Å². The van der Waals surface area contributed by atoms with Crippen LogP contribution in [0.5, 0.6) is 0 Å². The van der Waals surface area contributed by atoms with Crippen molar-refractivity contribution in [1.82, 2.24) is 0 Å². The molecule has 1 N–H and O–H groups in total. The van der Waals surface area contributed by atoms with Crippen LogP contribution in [-0.2, 0) is 4.74 Å². The summed E-state index contributed by atoms with van der Waals surface area (Å²) in [5, 5.41) is 8.62. The van der Waals surface area contributed by atoms with Gasteiger partial charge in [-0.2, -0.15) is 0 Å². The summed E-state index contributed by atoms with van der Waals surface area (Å²) >= 11 is 0. The minimum atomic E-state index is 0.348. The van der Waals surface area contributed by atoms with Gasteiger partial charge in [0.1, 0.15) is 0 Å². The van der Waals surface area contributed by atoms with Crippen molar-refractivity contribution in [1.29, 1.82) is 0 Å². The predicted octanol–water partition coefficient (Wildman–Crippen LogP) is 4.31. The molecule has 0 aliphatic carbocycles. The molecule has 2 nitrogen and oxygen atoms in total. The van der Waals surface area contributed by atoms with Crippen molar-refractivity contribution in [3.05, 3.63) is 0 Å². The first-order valence-electron chi connectivity index (χ1n) is 7.60. The maximum atomic E-state index is 8.62. The van der Waals surface area contributed by atoms with Gasteiger partial charge in [-0.15, -0.1) is 0 Å². The monoisotopic (exact) mass is 244 g/mol. The number of hydrogen-bond donors (Lipinski definition) is 1. The molecule has 0 unspecified atom stereocenters. The lowest BCUT2D eigenvalue weighted by Crippen LogP contribution is -1.97. The summed E-state index contributed by atoms with van der Waals surface area (Å²) in [5.41, 5.74) is 0. The van der Waals surface area contributed by atoms with Gasteiger partial charge in [0.15, 0.2) is 0 Å². The molecule has 104 valence electrons. The molecule has 0 aromatic carbocycles. The molecule has 0 heterocycles. The van der Waals surface area contributed by atoms with Gasteiger partial charge in [0.05, 0.1) is 0 Å². The molecule has 0 aliphatic rings. The highest BCUT2D eigenvalue weighted by atomic mass is 16.5. The van der Waals surface area contributed by atoms with E-state index < -0.39 is 0 Å². The van der Waals surface area contributed by atoms with Crippen LogP contribution in [0.2, 0.25) is 0 Å². The first-order chi connectivity index (χ1) is 8.41. The van der Waals surface area contributed by atoms with E-state index in [9.17, 15) is 0 Å². The van der Waals surface area contributed by atoms with Crippen LogP contribution in [0.1, 0.15) is 77.6 Å². The van der Waals surface area contributed by atoms with Crippen LogP contribution < -0.4 is 0 Å². The van der Waals surface area contributed by atoms with Gasteiger partial charge >= 0.3 is 0 Å². The minimum Gasteiger partial charge on any atom is -0.396 e. The van der Waals surface area contributed by atoms with Gasteiger partial charge in [0.25, 0.3) is 0 Å². The van der Waals surface area contributed by atoms with Gasteiger partial charge in [-0.1, -0.05) is 58.3 Å². The van der Waals surface area contributed by atoms with Crippen LogP contribution in [0.3, 0.4) is 0 Å². The second-order valence-electron chi connectivity index (χ2n) is 4.87. The largest absolute Gasteiger partial charge is 0.396 e. The van der Waals surface area contributed by atoms with Crippen molar-refractivity contribution in [2.45, 2.75) is 77.6 Å². The Morgan fingerprint density at radius 1 is 0.647 bits per heavy atom. The fourth-order valence-corrected chi connectivity index (χ4v) is 1.93. The fraction of sp³-hybridized carbons (Fsp3) is 1.00. The van der Waals surface area contributed by atoms with E-state index in [0.29, 0.717) is 6.61 Å². The second kappa shape index (κ2) is 15.9. The Kier molecular flexibility index (Phi) is 15.8. The Labute approximate surface area is 108 Å². The van der Waals surface area contributed by atoms with E-state index >= 15 is 0 Å². The van der Waals surface area contributed by atoms with Crippen molar-refractivity contribution in [3.63, 3.8) is 0 Å². The van der Waals surface area contributed by atoms with Gasteiger partial charge < -0.3 is 9.84 Å². The molecule has 0 bridgehead atoms. The highest BCUT2D eigenvalue weighted by Crippen LogP contribution is 2.06. The Morgan fingerprint density at radius 2 is 1.12 bits per heavy atom. The second-order valence-corrected chi connectivity index (χ2v) is 4.87. The zero-order valence-electron chi connectivity index (χ0n) is 11.8. The van der Waals surface area contributed by atoms with Crippen molar-refractivity contribution >= 4 is 0 Å². The molecule has 2 heteroatoms. The van der Waals surface area contributed by atoms with Gasteiger partial charge in [0, 0.05) is 19.8 Å². The molecule has 0 amide bonds. The summed E-state index contributed by atoms with van der Waals surface area (Å²) in [4.78, 5) is 0. The zero-order valence-corrected chi connectivity index (χ0v) is 11.8. The van der Waals surface area contributed by atoms with Crippen LogP contribution >= 0.6 is 0 Å². The van der Waals surface area contributed by atoms with Crippen molar-refractivity contribution in [3.8, 4) is 0 Å². The minimum absolute atomic E-state index is 0.348. The molecular formula is C15H32O2. The van der Waals surface area contributed by atoms with Gasteiger partial charge in [-0.05, 0) is 19.3 Å². The molecular weight excluding hydrogens is 212 g/mol. The third-order valence-corrected chi connectivity index (χ3v) is 3.09. The molecule has 0 aromatic rings. The third-order valence-electron chi connectivity index (χ3n) is 3.09. The molecule has 0 atom stereocenters. The maximum Gasteiger partial charge on any atom is 0.0466 e. The lowest BCUT2D eigenvalue weighted by atomic mass is 10.1. The number of rotatable bonds is 14. The standard InChI is InChI=1S/C15H32O2/c1-2-3-4-8-11-14-17-15-12-9-6-5-7-10-13-16/h16H,2-15H2,1H3. The molecule has 0 saturated heterocycles. The van der Waals surface area contributed by atoms with Crippen molar-refractivity contribution < 1.29 is 9.84 Å². The lowest BCUT2D eigenvalue weighted by Gasteiger charge is -2.04. The number of aliphatic hydroxyl groups is 1. The van der Waals surface area contributed by atoms with Crippen LogP contribution in [0.4, 0.5) is 0 Å². The normalized spacial score (nSPS) is 10.9. The smallest absolute Gasteiger partial charge is 0.0466 e. The van der Waals surface area contributed by atoms with Gasteiger partial charge in [-0.3, -0.25) is 0 Å². The first-order valence-corrected chi connectivity index (χ1v) is 7.60. The van der Waals surface area contributed by atoms with Crippen molar-refractivity contribution in [2.24, 2.45) is 0 Å². The molecule has 0 radical (unpaired) electrons. The highest BCUT2D eigenvalue weighted by Gasteiger charge is 1.93. The molecule has 17 heavy (non-hydrogen) atoms. The Morgan fingerprint density at radius 3 is 1.65 bits per heavy atom. The van der Waals surface area contributed by atoms with Gasteiger partial charge in [-0.25, -0.2) is 0 Å². The maximum absolute atomic E-state index is 8.62. The summed E-state index contributed by atoms with van der Waals surface area (Å²) in [7, 11) is 0. The SMILES string of the molecule is CCCCCCCOCCCCCCCCO. The van der Waals surface area contributed by atoms with Crippen LogP contribution in [-0.4, -0.2) is 24.9 Å². The molecule has 0 rings (SSSR count). The summed E-state index contributed by atoms with van der Waals surface area (Å²) < 4.78 is 5.60. The summed E-state index contributed by atoms with van der Waals surface area (Å²) in [5.74, 6) is 0. The average molecular weight is 244 g/mol. The van der Waals surface area contributed by atoms with Crippen LogP contribution in [0.15, 0.2) is 0 Å². The van der Waals surface area contributed by atoms with E-state index in [2.05, 4.69) is 6.92 Å². The third kappa shape index (κ3) is 15.9. The summed E-state index contributed by atoms with van der Waals surface area (Å²) in [6.45, 7) is 4.49. The molecule has 0 fully saturated rings. The zero-order chi connectivity index (χ0) is 12.6. The number of hydrogen-bond acceptors (Lipinski definition) is 2. The van der Waals surface area contributed by atoms with Crippen LogP contribution in [0, 0.1) is 0 Å². The van der Waals surface area contributed by atoms with E-state index in [4.69, 9.17) is 9.84 Å². The molecule has 0 aliphatic heterocycles. The quantitative estimate of drug-likeness (QED) is 0.461. The van der Waals surface area contributed by atoms with Gasteiger partial charge in [0.2, 0.25) is 0 Å². The number of ether oxygens (including phenoxy) is 1. The summed E-state index contributed by atoms with van der Waals surface area (Å²) in [6.07, 6.45) is 13.8. The van der Waals surface area contributed by atoms with E-state index in [-0.39, 0.29) is 0 Å². The molecule has 0 aromatic heterocycles. The van der Waals surface area contributed by atoms with E-state index in [1.165, 1.54) is 64.2 Å². The Balaban J connectivity index is 2.85. The Bertz CT molecular complexity index is 112. The molecule has 0 saturated carbocycles. The highest BCUT2D eigenvalue weighted by molar-refractivity contribution is 4.45. The molecule has 0 spiro atoms. The predicted molar refractivity (Wildman–Crippen MR) is 74.4 cm³/mol. The van der Waals surface area contributed by atoms with E-state index in [1.54, 1.807) is 0 Å². The van der Waals surface area contributed by atoms with E-state index in [0.717, 1.165) is 19.6 Å². The van der Waals surface area contributed by atoms with Crippen molar-refractivity contribution in [2.75, 3.05) is 19.8 Å². The number of unbranched alkanes of at least 4 members (excludes halogenated alkanes) is 9. The topological polar surface area (TPSA) is 29.5 Å².